The van der Waals surface area contributed by atoms with Gasteiger partial charge in [0.1, 0.15) is 17.5 Å². The lowest BCUT2D eigenvalue weighted by molar-refractivity contribution is 0.252. The van der Waals surface area contributed by atoms with Gasteiger partial charge in [-0.05, 0) is 48.9 Å². The second-order valence-corrected chi connectivity index (χ2v) is 5.93. The molecule has 144 valence electrons. The molecule has 4 N–H and O–H groups in total. The number of benzene rings is 1. The number of anilines is 4. The second kappa shape index (κ2) is 9.26. The van der Waals surface area contributed by atoms with Crippen molar-refractivity contribution in [1.29, 1.82) is 0 Å². The van der Waals surface area contributed by atoms with E-state index in [4.69, 9.17) is 0 Å². The molecule has 0 atom stereocenters. The highest BCUT2D eigenvalue weighted by atomic mass is 19.1. The first-order chi connectivity index (χ1) is 13.6. The summed E-state index contributed by atoms with van der Waals surface area (Å²) in [7, 11) is 0. The van der Waals surface area contributed by atoms with Crippen LogP contribution in [0.1, 0.15) is 5.56 Å². The zero-order valence-corrected chi connectivity index (χ0v) is 15.2. The Hall–Kier alpha value is -3.75. The molecule has 0 aliphatic heterocycles. The maximum Gasteiger partial charge on any atom is 0.319 e. The van der Waals surface area contributed by atoms with Crippen LogP contribution in [0.5, 0.6) is 0 Å². The Morgan fingerprint density at radius 3 is 2.54 bits per heavy atom. The van der Waals surface area contributed by atoms with Crippen molar-refractivity contribution in [3.05, 3.63) is 66.1 Å². The van der Waals surface area contributed by atoms with Gasteiger partial charge in [-0.15, -0.1) is 10.2 Å². The number of nitrogens with one attached hydrogen (secondary N) is 4. The van der Waals surface area contributed by atoms with Gasteiger partial charge in [-0.25, -0.2) is 14.2 Å². The smallest absolute Gasteiger partial charge is 0.319 e. The number of amides is 2. The molecule has 0 aliphatic rings. The topological polar surface area (TPSA) is 104 Å². The van der Waals surface area contributed by atoms with Crippen LogP contribution in [0, 0.1) is 12.7 Å². The molecule has 0 fully saturated rings. The number of halogens is 1. The molecule has 0 spiro atoms. The van der Waals surface area contributed by atoms with Gasteiger partial charge in [-0.2, -0.15) is 0 Å². The standard InChI is InChI=1S/C19H20FN7O/c1-13-8-9-21-18(12-13)25-17-7-6-16(26-27-17)22-10-11-23-19(28)24-15-5-3-2-4-14(15)20/h2-9,12H,10-11H2,1H3,(H,22,26)(H,21,25,27)(H2,23,24,28). The van der Waals surface area contributed by atoms with Crippen LogP contribution in [0.3, 0.4) is 0 Å². The van der Waals surface area contributed by atoms with Crippen LogP contribution in [-0.2, 0) is 0 Å². The largest absolute Gasteiger partial charge is 0.367 e. The summed E-state index contributed by atoms with van der Waals surface area (Å²) in [6.45, 7) is 2.75. The summed E-state index contributed by atoms with van der Waals surface area (Å²) in [5.41, 5.74) is 1.22. The normalized spacial score (nSPS) is 10.2. The maximum absolute atomic E-state index is 13.5. The zero-order chi connectivity index (χ0) is 19.8. The fraction of sp³-hybridized carbons (Fsp3) is 0.158. The molecule has 3 rings (SSSR count). The van der Waals surface area contributed by atoms with E-state index in [-0.39, 0.29) is 5.69 Å². The number of aromatic nitrogens is 3. The minimum absolute atomic E-state index is 0.130. The molecule has 0 aliphatic carbocycles. The molecule has 9 heteroatoms. The molecule has 0 bridgehead atoms. The molecule has 2 heterocycles. The summed E-state index contributed by atoms with van der Waals surface area (Å²) in [5.74, 6) is 1.35. The summed E-state index contributed by atoms with van der Waals surface area (Å²) < 4.78 is 13.5. The highest BCUT2D eigenvalue weighted by Gasteiger charge is 2.05. The lowest BCUT2D eigenvalue weighted by atomic mass is 10.3. The number of pyridine rings is 1. The van der Waals surface area contributed by atoms with Gasteiger partial charge >= 0.3 is 6.03 Å². The summed E-state index contributed by atoms with van der Waals surface area (Å²) in [6, 6.07) is 12.9. The van der Waals surface area contributed by atoms with Crippen LogP contribution in [-0.4, -0.2) is 34.3 Å². The number of carbonyl (C=O) groups is 1. The number of rotatable bonds is 7. The van der Waals surface area contributed by atoms with Gasteiger partial charge < -0.3 is 21.3 Å². The Bertz CT molecular complexity index is 934. The van der Waals surface area contributed by atoms with E-state index >= 15 is 0 Å². The number of hydrogen-bond donors (Lipinski definition) is 4. The van der Waals surface area contributed by atoms with Crippen molar-refractivity contribution in [2.24, 2.45) is 0 Å². The first-order valence-corrected chi connectivity index (χ1v) is 8.67. The Balaban J connectivity index is 1.40. The van der Waals surface area contributed by atoms with E-state index in [1.807, 2.05) is 19.1 Å². The van der Waals surface area contributed by atoms with Gasteiger partial charge in [-0.3, -0.25) is 0 Å². The van der Waals surface area contributed by atoms with Crippen molar-refractivity contribution in [1.82, 2.24) is 20.5 Å². The minimum Gasteiger partial charge on any atom is -0.367 e. The molecule has 3 aromatic rings. The van der Waals surface area contributed by atoms with Crippen LogP contribution >= 0.6 is 0 Å². The van der Waals surface area contributed by atoms with Crippen molar-refractivity contribution < 1.29 is 9.18 Å². The first-order valence-electron chi connectivity index (χ1n) is 8.67. The Morgan fingerprint density at radius 2 is 1.79 bits per heavy atom. The van der Waals surface area contributed by atoms with E-state index in [1.165, 1.54) is 12.1 Å². The molecule has 2 aromatic heterocycles. The first kappa shape index (κ1) is 19.0. The Morgan fingerprint density at radius 1 is 1.00 bits per heavy atom. The summed E-state index contributed by atoms with van der Waals surface area (Å²) in [5, 5.41) is 19.3. The maximum atomic E-state index is 13.5. The van der Waals surface area contributed by atoms with Crippen LogP contribution in [0.2, 0.25) is 0 Å². The number of carbonyl (C=O) groups excluding carboxylic acids is 1. The summed E-state index contributed by atoms with van der Waals surface area (Å²) >= 11 is 0. The van der Waals surface area contributed by atoms with Crippen LogP contribution < -0.4 is 21.3 Å². The van der Waals surface area contributed by atoms with E-state index in [1.54, 1.807) is 30.5 Å². The van der Waals surface area contributed by atoms with E-state index in [9.17, 15) is 9.18 Å². The van der Waals surface area contributed by atoms with Crippen LogP contribution in [0.15, 0.2) is 54.7 Å². The second-order valence-electron chi connectivity index (χ2n) is 5.93. The molecular weight excluding hydrogens is 361 g/mol. The SMILES string of the molecule is Cc1ccnc(Nc2ccc(NCCNC(=O)Nc3ccccc3F)nn2)c1. The van der Waals surface area contributed by atoms with Gasteiger partial charge in [0.25, 0.3) is 0 Å². The lowest BCUT2D eigenvalue weighted by Gasteiger charge is -2.09. The third-order valence-electron chi connectivity index (χ3n) is 3.67. The van der Waals surface area contributed by atoms with Gasteiger partial charge in [0.2, 0.25) is 0 Å². The van der Waals surface area contributed by atoms with Gasteiger partial charge in [-0.1, -0.05) is 12.1 Å². The lowest BCUT2D eigenvalue weighted by Crippen LogP contribution is -2.33. The highest BCUT2D eigenvalue weighted by molar-refractivity contribution is 5.89. The quantitative estimate of drug-likeness (QED) is 0.468. The third kappa shape index (κ3) is 5.63. The Kier molecular flexibility index (Phi) is 6.29. The van der Waals surface area contributed by atoms with E-state index in [2.05, 4.69) is 36.4 Å². The number of nitrogens with zero attached hydrogens (tertiary/aromatic N) is 3. The fourth-order valence-electron chi connectivity index (χ4n) is 2.32. The van der Waals surface area contributed by atoms with Crippen LogP contribution in [0.4, 0.5) is 32.3 Å². The highest BCUT2D eigenvalue weighted by Crippen LogP contribution is 2.13. The molecule has 0 unspecified atom stereocenters. The summed E-state index contributed by atoms with van der Waals surface area (Å²) in [6.07, 6.45) is 1.72. The average molecular weight is 381 g/mol. The van der Waals surface area contributed by atoms with Crippen LogP contribution in [0.25, 0.3) is 0 Å². The number of hydrogen-bond acceptors (Lipinski definition) is 6. The molecule has 1 aromatic carbocycles. The minimum atomic E-state index is -0.486. The molecular formula is C19H20FN7O. The van der Waals surface area contributed by atoms with Crippen molar-refractivity contribution in [2.75, 3.05) is 29.0 Å². The van der Waals surface area contributed by atoms with E-state index in [0.717, 1.165) is 5.56 Å². The monoisotopic (exact) mass is 381 g/mol. The van der Waals surface area contributed by atoms with Crippen molar-refractivity contribution in [2.45, 2.75) is 6.92 Å². The van der Waals surface area contributed by atoms with Gasteiger partial charge in [0.05, 0.1) is 5.69 Å². The van der Waals surface area contributed by atoms with Gasteiger partial charge in [0.15, 0.2) is 5.82 Å². The molecule has 0 saturated heterocycles. The average Bonchev–Trinajstić information content (AvgIpc) is 2.68. The molecule has 0 radical (unpaired) electrons. The van der Waals surface area contributed by atoms with Crippen molar-refractivity contribution in [3.8, 4) is 0 Å². The number of aryl methyl sites for hydroxylation is 1. The molecule has 8 nitrogen and oxygen atoms in total. The van der Waals surface area contributed by atoms with Gasteiger partial charge in [0, 0.05) is 19.3 Å². The third-order valence-corrected chi connectivity index (χ3v) is 3.67. The van der Waals surface area contributed by atoms with E-state index < -0.39 is 11.8 Å². The summed E-state index contributed by atoms with van der Waals surface area (Å²) in [4.78, 5) is 16.0. The van der Waals surface area contributed by atoms with E-state index in [0.29, 0.717) is 30.5 Å². The van der Waals surface area contributed by atoms with Crippen molar-refractivity contribution >= 4 is 29.2 Å². The van der Waals surface area contributed by atoms with Crippen molar-refractivity contribution in [3.63, 3.8) is 0 Å². The molecule has 28 heavy (non-hydrogen) atoms. The number of para-hydroxylation sites is 1. The predicted octanol–water partition coefficient (Wildman–Crippen LogP) is 3.30. The number of urea groups is 1. The Labute approximate surface area is 161 Å². The molecule has 0 saturated carbocycles. The molecule has 2 amide bonds. The predicted molar refractivity (Wildman–Crippen MR) is 106 cm³/mol. The fourth-order valence-corrected chi connectivity index (χ4v) is 2.32. The zero-order valence-electron chi connectivity index (χ0n) is 15.2.